The molecule has 0 spiro atoms. The van der Waals surface area contributed by atoms with Crippen LogP contribution in [-0.4, -0.2) is 21.9 Å². The van der Waals surface area contributed by atoms with Crippen LogP contribution in [0.25, 0.3) is 16.9 Å². The van der Waals surface area contributed by atoms with Crippen LogP contribution in [0.1, 0.15) is 11.1 Å². The molecular formula is C23H18N4O2. The van der Waals surface area contributed by atoms with Gasteiger partial charge in [0.2, 0.25) is 0 Å². The minimum absolute atomic E-state index is 0.216. The van der Waals surface area contributed by atoms with Crippen LogP contribution in [0.5, 0.6) is 5.75 Å². The number of para-hydroxylation sites is 1. The molecule has 2 aromatic carbocycles. The number of aryl methyl sites for hydroxylation is 1. The van der Waals surface area contributed by atoms with Crippen LogP contribution < -0.4 is 10.1 Å². The van der Waals surface area contributed by atoms with Gasteiger partial charge in [-0.1, -0.05) is 48.5 Å². The molecule has 142 valence electrons. The summed E-state index contributed by atoms with van der Waals surface area (Å²) in [6.45, 7) is 1.76. The van der Waals surface area contributed by atoms with Crippen molar-refractivity contribution in [2.24, 2.45) is 0 Å². The normalized spacial score (nSPS) is 10.5. The molecule has 0 unspecified atom stereocenters. The van der Waals surface area contributed by atoms with E-state index >= 15 is 0 Å². The highest BCUT2D eigenvalue weighted by molar-refractivity contribution is 5.95. The summed E-state index contributed by atoms with van der Waals surface area (Å²) in [4.78, 5) is 17.4. The second-order valence-electron chi connectivity index (χ2n) is 6.50. The van der Waals surface area contributed by atoms with Crippen molar-refractivity contribution in [3.8, 4) is 23.1 Å². The first kappa shape index (κ1) is 18.3. The van der Waals surface area contributed by atoms with Crippen molar-refractivity contribution in [3.63, 3.8) is 0 Å². The third kappa shape index (κ3) is 3.66. The first-order valence-electron chi connectivity index (χ1n) is 9.12. The average Bonchev–Trinajstić information content (AvgIpc) is 3.13. The van der Waals surface area contributed by atoms with Gasteiger partial charge < -0.3 is 10.1 Å². The van der Waals surface area contributed by atoms with E-state index < -0.39 is 0 Å². The van der Waals surface area contributed by atoms with E-state index in [0.29, 0.717) is 22.8 Å². The number of ether oxygens (including phenoxy) is 1. The van der Waals surface area contributed by atoms with Crippen molar-refractivity contribution < 1.29 is 9.53 Å². The summed E-state index contributed by atoms with van der Waals surface area (Å²) in [6.07, 6.45) is 1.86. The first-order chi connectivity index (χ1) is 14.2. The van der Waals surface area contributed by atoms with Gasteiger partial charge in [-0.15, -0.1) is 0 Å². The second-order valence-corrected chi connectivity index (χ2v) is 6.50. The fourth-order valence-electron chi connectivity index (χ4n) is 3.12. The third-order valence-corrected chi connectivity index (χ3v) is 4.52. The number of hydrogen-bond acceptors (Lipinski definition) is 4. The van der Waals surface area contributed by atoms with E-state index in [-0.39, 0.29) is 12.5 Å². The Hall–Kier alpha value is -4.11. The Balaban J connectivity index is 1.64. The molecular weight excluding hydrogens is 364 g/mol. The van der Waals surface area contributed by atoms with Gasteiger partial charge in [-0.2, -0.15) is 5.26 Å². The van der Waals surface area contributed by atoms with E-state index in [1.54, 1.807) is 24.3 Å². The van der Waals surface area contributed by atoms with E-state index in [2.05, 4.69) is 11.4 Å². The van der Waals surface area contributed by atoms with Gasteiger partial charge in [0.05, 0.1) is 5.56 Å². The van der Waals surface area contributed by atoms with Gasteiger partial charge in [0.25, 0.3) is 5.91 Å². The summed E-state index contributed by atoms with van der Waals surface area (Å²) in [6, 6.07) is 22.5. The Bertz CT molecular complexity index is 1220. The fourth-order valence-corrected chi connectivity index (χ4v) is 3.12. The number of nitriles is 1. The highest BCUT2D eigenvalue weighted by Gasteiger charge is 2.17. The summed E-state index contributed by atoms with van der Waals surface area (Å²) in [5, 5.41) is 12.1. The zero-order valence-corrected chi connectivity index (χ0v) is 15.8. The molecule has 0 fully saturated rings. The quantitative estimate of drug-likeness (QED) is 0.561. The number of fused-ring (bicyclic) bond motifs is 1. The first-order valence-corrected chi connectivity index (χ1v) is 9.12. The molecule has 6 heteroatoms. The summed E-state index contributed by atoms with van der Waals surface area (Å²) in [5.41, 5.74) is 3.75. The molecule has 0 atom stereocenters. The maximum Gasteiger partial charge on any atom is 0.263 e. The lowest BCUT2D eigenvalue weighted by atomic mass is 10.1. The average molecular weight is 382 g/mol. The minimum atomic E-state index is -0.335. The van der Waals surface area contributed by atoms with Crippen molar-refractivity contribution in [1.82, 2.24) is 9.38 Å². The van der Waals surface area contributed by atoms with Gasteiger partial charge >= 0.3 is 0 Å². The number of benzene rings is 2. The van der Waals surface area contributed by atoms with Gasteiger partial charge in [-0.25, -0.2) is 4.98 Å². The molecule has 1 amide bonds. The molecule has 2 heterocycles. The Morgan fingerprint density at radius 3 is 2.66 bits per heavy atom. The van der Waals surface area contributed by atoms with Crippen molar-refractivity contribution >= 4 is 17.4 Å². The Labute approximate surface area is 168 Å². The van der Waals surface area contributed by atoms with E-state index in [9.17, 15) is 4.79 Å². The van der Waals surface area contributed by atoms with Crippen molar-refractivity contribution in [3.05, 3.63) is 84.1 Å². The number of rotatable bonds is 5. The SMILES string of the molecule is Cc1cccn2c(NC(=O)COc3ccccc3C#N)c(-c3ccccc3)nc12. The number of aromatic nitrogens is 2. The van der Waals surface area contributed by atoms with Gasteiger partial charge in [0, 0.05) is 11.8 Å². The Morgan fingerprint density at radius 1 is 1.10 bits per heavy atom. The molecule has 0 radical (unpaired) electrons. The molecule has 6 nitrogen and oxygen atoms in total. The summed E-state index contributed by atoms with van der Waals surface area (Å²) < 4.78 is 7.42. The van der Waals surface area contributed by atoms with Crippen molar-refractivity contribution in [2.75, 3.05) is 11.9 Å². The lowest BCUT2D eigenvalue weighted by Gasteiger charge is -2.10. The number of hydrogen-bond donors (Lipinski definition) is 1. The molecule has 1 N–H and O–H groups in total. The summed E-state index contributed by atoms with van der Waals surface area (Å²) in [5.74, 6) is 0.623. The maximum atomic E-state index is 12.6. The lowest BCUT2D eigenvalue weighted by molar-refractivity contribution is -0.118. The van der Waals surface area contributed by atoms with E-state index in [4.69, 9.17) is 15.0 Å². The summed E-state index contributed by atoms with van der Waals surface area (Å²) >= 11 is 0. The van der Waals surface area contributed by atoms with E-state index in [0.717, 1.165) is 16.8 Å². The molecule has 0 aliphatic rings. The zero-order valence-electron chi connectivity index (χ0n) is 15.8. The molecule has 0 bridgehead atoms. The minimum Gasteiger partial charge on any atom is -0.482 e. The molecule has 4 aromatic rings. The lowest BCUT2D eigenvalue weighted by Crippen LogP contribution is -2.21. The van der Waals surface area contributed by atoms with Crippen LogP contribution in [0.2, 0.25) is 0 Å². The highest BCUT2D eigenvalue weighted by atomic mass is 16.5. The number of imidazole rings is 1. The Kier molecular flexibility index (Phi) is 4.95. The van der Waals surface area contributed by atoms with Gasteiger partial charge in [0.1, 0.15) is 29.0 Å². The maximum absolute atomic E-state index is 12.6. The molecule has 29 heavy (non-hydrogen) atoms. The second kappa shape index (κ2) is 7.87. The van der Waals surface area contributed by atoms with Crippen LogP contribution >= 0.6 is 0 Å². The van der Waals surface area contributed by atoms with Crippen LogP contribution in [0.3, 0.4) is 0 Å². The number of amides is 1. The number of nitrogens with one attached hydrogen (secondary N) is 1. The van der Waals surface area contributed by atoms with Crippen molar-refractivity contribution in [1.29, 1.82) is 5.26 Å². The van der Waals surface area contributed by atoms with Crippen LogP contribution in [0.15, 0.2) is 72.9 Å². The van der Waals surface area contributed by atoms with E-state index in [1.165, 1.54) is 0 Å². The number of pyridine rings is 1. The summed E-state index contributed by atoms with van der Waals surface area (Å²) in [7, 11) is 0. The molecule has 4 rings (SSSR count). The number of anilines is 1. The zero-order chi connectivity index (χ0) is 20.2. The number of carbonyl (C=O) groups excluding carboxylic acids is 1. The van der Waals surface area contributed by atoms with Crippen LogP contribution in [-0.2, 0) is 4.79 Å². The topological polar surface area (TPSA) is 79.4 Å². The van der Waals surface area contributed by atoms with E-state index in [1.807, 2.05) is 60.0 Å². The van der Waals surface area contributed by atoms with Gasteiger partial charge in [0.15, 0.2) is 6.61 Å². The standard InChI is InChI=1S/C23H18N4O2/c1-16-8-7-13-27-22(16)26-21(17-9-3-2-4-10-17)23(27)25-20(28)15-29-19-12-6-5-11-18(19)14-24/h2-13H,15H2,1H3,(H,25,28). The monoisotopic (exact) mass is 382 g/mol. The molecule has 0 aliphatic heterocycles. The number of carbonyl (C=O) groups is 1. The molecule has 0 aliphatic carbocycles. The molecule has 0 saturated heterocycles. The fraction of sp³-hybridized carbons (Fsp3) is 0.0870. The third-order valence-electron chi connectivity index (χ3n) is 4.52. The van der Waals surface area contributed by atoms with Gasteiger partial charge in [-0.05, 0) is 30.7 Å². The highest BCUT2D eigenvalue weighted by Crippen LogP contribution is 2.29. The van der Waals surface area contributed by atoms with Gasteiger partial charge in [-0.3, -0.25) is 9.20 Å². The number of nitrogens with zero attached hydrogens (tertiary/aromatic N) is 3. The van der Waals surface area contributed by atoms with Crippen LogP contribution in [0, 0.1) is 18.3 Å². The predicted molar refractivity (Wildman–Crippen MR) is 111 cm³/mol. The van der Waals surface area contributed by atoms with Crippen molar-refractivity contribution in [2.45, 2.75) is 6.92 Å². The molecule has 0 saturated carbocycles. The predicted octanol–water partition coefficient (Wildman–Crippen LogP) is 4.20. The largest absolute Gasteiger partial charge is 0.482 e. The van der Waals surface area contributed by atoms with Crippen LogP contribution in [0.4, 0.5) is 5.82 Å². The smallest absolute Gasteiger partial charge is 0.263 e. The Morgan fingerprint density at radius 2 is 1.86 bits per heavy atom. The molecule has 2 aromatic heterocycles.